The van der Waals surface area contributed by atoms with Crippen LogP contribution in [0.5, 0.6) is 0 Å². The van der Waals surface area contributed by atoms with Crippen molar-refractivity contribution in [3.8, 4) is 0 Å². The first-order valence-electron chi connectivity index (χ1n) is 8.74. The van der Waals surface area contributed by atoms with E-state index in [1.807, 2.05) is 0 Å². The molecular formula is C18H22Cl2N4O3. The molecule has 3 N–H and O–H groups in total. The summed E-state index contributed by atoms with van der Waals surface area (Å²) in [5.41, 5.74) is 2.94. The molecule has 0 aliphatic heterocycles. The normalized spacial score (nSPS) is 15.1. The number of anilines is 1. The van der Waals surface area contributed by atoms with Gasteiger partial charge in [0, 0.05) is 16.8 Å². The van der Waals surface area contributed by atoms with Crippen LogP contribution in [0.15, 0.2) is 23.3 Å². The number of hydrogen-bond donors (Lipinski definition) is 3. The van der Waals surface area contributed by atoms with Gasteiger partial charge >= 0.3 is 11.8 Å². The Kier molecular flexibility index (Phi) is 8.06. The van der Waals surface area contributed by atoms with Gasteiger partial charge in [-0.2, -0.15) is 5.10 Å². The molecule has 0 atom stereocenters. The lowest BCUT2D eigenvalue weighted by atomic mass is 9.95. The SMILES string of the molecule is CC(CC(=O)Nc1ccc(Cl)cc1Cl)=NNC(=O)C(=O)NC1CCCCC1. The Morgan fingerprint density at radius 3 is 2.48 bits per heavy atom. The molecule has 2 rings (SSSR count). The molecule has 0 heterocycles. The second-order valence-electron chi connectivity index (χ2n) is 6.45. The van der Waals surface area contributed by atoms with Gasteiger partial charge in [0.2, 0.25) is 5.91 Å². The minimum Gasteiger partial charge on any atom is -0.345 e. The number of nitrogens with zero attached hydrogens (tertiary/aromatic N) is 1. The molecule has 1 aromatic carbocycles. The van der Waals surface area contributed by atoms with Gasteiger partial charge in [0.25, 0.3) is 0 Å². The molecule has 0 bridgehead atoms. The second kappa shape index (κ2) is 10.3. The first-order chi connectivity index (χ1) is 12.8. The zero-order valence-corrected chi connectivity index (χ0v) is 16.5. The molecule has 1 aromatic rings. The molecular weight excluding hydrogens is 391 g/mol. The van der Waals surface area contributed by atoms with Crippen LogP contribution in [0.2, 0.25) is 10.0 Å². The minimum absolute atomic E-state index is 0.0389. The Balaban J connectivity index is 1.79. The Morgan fingerprint density at radius 1 is 1.11 bits per heavy atom. The zero-order chi connectivity index (χ0) is 19.8. The van der Waals surface area contributed by atoms with E-state index >= 15 is 0 Å². The Hall–Kier alpha value is -2.12. The van der Waals surface area contributed by atoms with Crippen LogP contribution < -0.4 is 16.1 Å². The highest BCUT2D eigenvalue weighted by molar-refractivity contribution is 6.37. The molecule has 1 aliphatic rings. The maximum Gasteiger partial charge on any atom is 0.329 e. The van der Waals surface area contributed by atoms with E-state index in [2.05, 4.69) is 21.2 Å². The quantitative estimate of drug-likeness (QED) is 0.393. The van der Waals surface area contributed by atoms with Gasteiger partial charge in [-0.3, -0.25) is 14.4 Å². The number of amides is 3. The molecule has 0 aromatic heterocycles. The summed E-state index contributed by atoms with van der Waals surface area (Å²) in [4.78, 5) is 35.7. The molecule has 9 heteroatoms. The maximum atomic E-state index is 12.0. The lowest BCUT2D eigenvalue weighted by Crippen LogP contribution is -2.44. The van der Waals surface area contributed by atoms with Gasteiger partial charge < -0.3 is 10.6 Å². The molecule has 146 valence electrons. The molecule has 7 nitrogen and oxygen atoms in total. The lowest BCUT2D eigenvalue weighted by Gasteiger charge is -2.22. The predicted octanol–water partition coefficient (Wildman–Crippen LogP) is 3.26. The maximum absolute atomic E-state index is 12.0. The summed E-state index contributed by atoms with van der Waals surface area (Å²) in [6.45, 7) is 1.57. The van der Waals surface area contributed by atoms with Crippen LogP contribution in [0.4, 0.5) is 5.69 Å². The molecule has 1 aliphatic carbocycles. The number of hydrogen-bond acceptors (Lipinski definition) is 4. The molecule has 0 unspecified atom stereocenters. The average Bonchev–Trinajstić information content (AvgIpc) is 2.62. The van der Waals surface area contributed by atoms with Crippen LogP contribution in [0.3, 0.4) is 0 Å². The van der Waals surface area contributed by atoms with Crippen LogP contribution in [0.25, 0.3) is 0 Å². The molecule has 3 amide bonds. The van der Waals surface area contributed by atoms with E-state index in [4.69, 9.17) is 23.2 Å². The highest BCUT2D eigenvalue weighted by Crippen LogP contribution is 2.25. The van der Waals surface area contributed by atoms with Crippen molar-refractivity contribution >= 4 is 52.3 Å². The number of rotatable bonds is 5. The van der Waals surface area contributed by atoms with Gasteiger partial charge in [0.15, 0.2) is 0 Å². The van der Waals surface area contributed by atoms with E-state index < -0.39 is 11.8 Å². The van der Waals surface area contributed by atoms with Crippen molar-refractivity contribution in [2.45, 2.75) is 51.5 Å². The predicted molar refractivity (Wildman–Crippen MR) is 106 cm³/mol. The van der Waals surface area contributed by atoms with Gasteiger partial charge in [-0.15, -0.1) is 0 Å². The lowest BCUT2D eigenvalue weighted by molar-refractivity contribution is -0.139. The van der Waals surface area contributed by atoms with Crippen LogP contribution in [-0.2, 0) is 14.4 Å². The molecule has 0 spiro atoms. The van der Waals surface area contributed by atoms with Crippen molar-refractivity contribution in [3.63, 3.8) is 0 Å². The zero-order valence-electron chi connectivity index (χ0n) is 15.0. The van der Waals surface area contributed by atoms with Gasteiger partial charge in [-0.1, -0.05) is 42.5 Å². The number of benzene rings is 1. The topological polar surface area (TPSA) is 99.7 Å². The van der Waals surface area contributed by atoms with Gasteiger partial charge in [0.05, 0.1) is 17.1 Å². The molecule has 0 saturated heterocycles. The minimum atomic E-state index is -0.846. The van der Waals surface area contributed by atoms with Gasteiger partial charge in [-0.05, 0) is 38.0 Å². The van der Waals surface area contributed by atoms with Crippen LogP contribution in [0, 0.1) is 0 Å². The fraction of sp³-hybridized carbons (Fsp3) is 0.444. The summed E-state index contributed by atoms with van der Waals surface area (Å²) < 4.78 is 0. The van der Waals surface area contributed by atoms with Crippen molar-refractivity contribution in [2.24, 2.45) is 5.10 Å². The number of hydrazone groups is 1. The number of nitrogens with one attached hydrogen (secondary N) is 3. The Labute approximate surface area is 167 Å². The Bertz CT molecular complexity index is 746. The average molecular weight is 413 g/mol. The van der Waals surface area contributed by atoms with Crippen LogP contribution in [-0.4, -0.2) is 29.5 Å². The van der Waals surface area contributed by atoms with Crippen molar-refractivity contribution in [3.05, 3.63) is 28.2 Å². The first kappa shape index (κ1) is 21.2. The highest BCUT2D eigenvalue weighted by atomic mass is 35.5. The van der Waals surface area contributed by atoms with E-state index in [-0.39, 0.29) is 18.4 Å². The summed E-state index contributed by atoms with van der Waals surface area (Å²) in [6, 6.07) is 4.75. The fourth-order valence-electron chi connectivity index (χ4n) is 2.75. The van der Waals surface area contributed by atoms with Crippen molar-refractivity contribution < 1.29 is 14.4 Å². The summed E-state index contributed by atoms with van der Waals surface area (Å²) >= 11 is 11.8. The highest BCUT2D eigenvalue weighted by Gasteiger charge is 2.20. The van der Waals surface area contributed by atoms with Crippen molar-refractivity contribution in [2.75, 3.05) is 5.32 Å². The monoisotopic (exact) mass is 412 g/mol. The molecule has 1 fully saturated rings. The third-order valence-corrected chi connectivity index (χ3v) is 4.66. The first-order valence-corrected chi connectivity index (χ1v) is 9.49. The molecule has 0 radical (unpaired) electrons. The smallest absolute Gasteiger partial charge is 0.329 e. The Morgan fingerprint density at radius 2 is 1.81 bits per heavy atom. The summed E-state index contributed by atoms with van der Waals surface area (Å²) in [5.74, 6) is -1.92. The summed E-state index contributed by atoms with van der Waals surface area (Å²) in [7, 11) is 0. The van der Waals surface area contributed by atoms with E-state index in [1.54, 1.807) is 19.1 Å². The number of carbonyl (C=O) groups is 3. The third-order valence-electron chi connectivity index (χ3n) is 4.12. The van der Waals surface area contributed by atoms with E-state index in [9.17, 15) is 14.4 Å². The molecule has 27 heavy (non-hydrogen) atoms. The van der Waals surface area contributed by atoms with Crippen molar-refractivity contribution in [1.29, 1.82) is 0 Å². The summed E-state index contributed by atoms with van der Waals surface area (Å²) in [5, 5.41) is 9.91. The molecule has 1 saturated carbocycles. The van der Waals surface area contributed by atoms with Crippen LogP contribution in [0.1, 0.15) is 45.4 Å². The fourth-order valence-corrected chi connectivity index (χ4v) is 3.21. The van der Waals surface area contributed by atoms with E-state index in [0.29, 0.717) is 21.4 Å². The second-order valence-corrected chi connectivity index (χ2v) is 7.29. The standard InChI is InChI=1S/C18H22Cl2N4O3/c1-11(9-16(25)22-15-8-7-12(19)10-14(15)20)23-24-18(27)17(26)21-13-5-3-2-4-6-13/h7-8,10,13H,2-6,9H2,1H3,(H,21,26)(H,22,25)(H,24,27). The number of carbonyl (C=O) groups excluding carboxylic acids is 3. The van der Waals surface area contributed by atoms with Crippen LogP contribution >= 0.6 is 23.2 Å². The van der Waals surface area contributed by atoms with Gasteiger partial charge in [0.1, 0.15) is 0 Å². The summed E-state index contributed by atoms with van der Waals surface area (Å²) in [6.07, 6.45) is 4.96. The van der Waals surface area contributed by atoms with Crippen molar-refractivity contribution in [1.82, 2.24) is 10.7 Å². The van der Waals surface area contributed by atoms with E-state index in [0.717, 1.165) is 32.1 Å². The largest absolute Gasteiger partial charge is 0.345 e. The number of halogens is 2. The van der Waals surface area contributed by atoms with E-state index in [1.165, 1.54) is 6.07 Å². The third kappa shape index (κ3) is 7.19. The van der Waals surface area contributed by atoms with Gasteiger partial charge in [-0.25, -0.2) is 5.43 Å².